The molecule has 8 nitrogen and oxygen atoms in total. The summed E-state index contributed by atoms with van der Waals surface area (Å²) in [7, 11) is 1.49. The highest BCUT2D eigenvalue weighted by Crippen LogP contribution is 2.32. The Kier molecular flexibility index (Phi) is 5.74. The van der Waals surface area contributed by atoms with E-state index in [9.17, 15) is 13.2 Å². The minimum absolute atomic E-state index is 0.268. The van der Waals surface area contributed by atoms with Gasteiger partial charge < -0.3 is 15.6 Å². The van der Waals surface area contributed by atoms with Gasteiger partial charge in [-0.1, -0.05) is 6.07 Å². The third-order valence-corrected chi connectivity index (χ3v) is 6.16. The maximum Gasteiger partial charge on any atom is 0.435 e. The second-order valence-electron chi connectivity index (χ2n) is 8.41. The zero-order valence-corrected chi connectivity index (χ0v) is 18.8. The average molecular weight is 471 g/mol. The van der Waals surface area contributed by atoms with E-state index in [-0.39, 0.29) is 6.04 Å². The van der Waals surface area contributed by atoms with E-state index in [1.54, 1.807) is 24.4 Å². The fourth-order valence-electron chi connectivity index (χ4n) is 4.28. The smallest absolute Gasteiger partial charge is 0.324 e. The molecular formula is C23H25F3N8. The molecule has 1 aromatic carbocycles. The minimum Gasteiger partial charge on any atom is -0.324 e. The van der Waals surface area contributed by atoms with Gasteiger partial charge in [0, 0.05) is 51.0 Å². The number of fused-ring (bicyclic) bond motifs is 1. The first-order valence-corrected chi connectivity index (χ1v) is 11.1. The molecule has 3 aromatic heterocycles. The molecule has 0 amide bonds. The highest BCUT2D eigenvalue weighted by atomic mass is 19.4. The van der Waals surface area contributed by atoms with E-state index in [1.165, 1.54) is 11.7 Å². The second kappa shape index (κ2) is 8.73. The van der Waals surface area contributed by atoms with Gasteiger partial charge in [-0.15, -0.1) is 0 Å². The summed E-state index contributed by atoms with van der Waals surface area (Å²) < 4.78 is 40.3. The van der Waals surface area contributed by atoms with Crippen LogP contribution < -0.4 is 10.6 Å². The highest BCUT2D eigenvalue weighted by Gasteiger charge is 2.34. The van der Waals surface area contributed by atoms with Crippen molar-refractivity contribution in [3.63, 3.8) is 0 Å². The molecule has 1 aliphatic rings. The standard InChI is InChI=1S/C23H25F3N8/c1-14(34-9-7-27-8-10-34)15-5-6-28-21(12-15)31-22-29-17-4-3-16(11-18(17)30-22)19-13-20(23(24,25)26)32-33(19)2/h3-6,11-14,27H,7-10H2,1-2H3,(H2,28,29,30,31). The molecule has 34 heavy (non-hydrogen) atoms. The van der Waals surface area contributed by atoms with Gasteiger partial charge in [-0.25, -0.2) is 9.97 Å². The Morgan fingerprint density at radius 1 is 1.09 bits per heavy atom. The van der Waals surface area contributed by atoms with Crippen LogP contribution in [-0.2, 0) is 13.2 Å². The number of anilines is 2. The number of H-pyrrole nitrogens is 1. The monoisotopic (exact) mass is 470 g/mol. The summed E-state index contributed by atoms with van der Waals surface area (Å²) in [5, 5.41) is 10.2. The molecule has 0 bridgehead atoms. The normalized spacial score (nSPS) is 16.1. The van der Waals surface area contributed by atoms with Crippen molar-refractivity contribution in [2.75, 3.05) is 31.5 Å². The number of rotatable bonds is 5. The van der Waals surface area contributed by atoms with Gasteiger partial charge in [-0.2, -0.15) is 18.3 Å². The quantitative estimate of drug-likeness (QED) is 0.407. The molecule has 11 heteroatoms. The van der Waals surface area contributed by atoms with Crippen LogP contribution in [0.4, 0.5) is 24.9 Å². The lowest BCUT2D eigenvalue weighted by atomic mass is 10.1. The average Bonchev–Trinajstić information content (AvgIpc) is 3.41. The second-order valence-corrected chi connectivity index (χ2v) is 8.41. The summed E-state index contributed by atoms with van der Waals surface area (Å²) in [6.07, 6.45) is -2.72. The molecule has 4 aromatic rings. The van der Waals surface area contributed by atoms with Crippen molar-refractivity contribution in [1.82, 2.24) is 34.9 Å². The maximum absolute atomic E-state index is 13.0. The molecule has 1 unspecified atom stereocenters. The van der Waals surface area contributed by atoms with Crippen molar-refractivity contribution in [2.24, 2.45) is 7.05 Å². The Balaban J connectivity index is 1.37. The van der Waals surface area contributed by atoms with Crippen molar-refractivity contribution in [1.29, 1.82) is 0 Å². The van der Waals surface area contributed by atoms with Crippen LogP contribution in [0.15, 0.2) is 42.6 Å². The van der Waals surface area contributed by atoms with E-state index in [4.69, 9.17) is 0 Å². The molecular weight excluding hydrogens is 445 g/mol. The lowest BCUT2D eigenvalue weighted by molar-refractivity contribution is -0.141. The zero-order valence-electron chi connectivity index (χ0n) is 18.8. The Hall–Kier alpha value is -3.44. The molecule has 0 aliphatic carbocycles. The van der Waals surface area contributed by atoms with Crippen LogP contribution in [0.25, 0.3) is 22.3 Å². The first kappa shape index (κ1) is 22.4. The van der Waals surface area contributed by atoms with E-state index in [0.29, 0.717) is 34.1 Å². The predicted octanol–water partition coefficient (Wildman–Crippen LogP) is 4.09. The van der Waals surface area contributed by atoms with Gasteiger partial charge in [0.25, 0.3) is 0 Å². The van der Waals surface area contributed by atoms with Crippen LogP contribution in [0.5, 0.6) is 0 Å². The van der Waals surface area contributed by atoms with Crippen LogP contribution in [0.3, 0.4) is 0 Å². The first-order valence-electron chi connectivity index (χ1n) is 11.1. The van der Waals surface area contributed by atoms with E-state index >= 15 is 0 Å². The van der Waals surface area contributed by atoms with Gasteiger partial charge >= 0.3 is 6.18 Å². The summed E-state index contributed by atoms with van der Waals surface area (Å²) in [6, 6.07) is 10.6. The Bertz CT molecular complexity index is 1300. The Labute approximate surface area is 194 Å². The number of imidazole rings is 1. The van der Waals surface area contributed by atoms with Crippen molar-refractivity contribution < 1.29 is 13.2 Å². The van der Waals surface area contributed by atoms with Crippen LogP contribution in [0, 0.1) is 0 Å². The summed E-state index contributed by atoms with van der Waals surface area (Å²) in [6.45, 7) is 6.16. The van der Waals surface area contributed by atoms with Crippen LogP contribution in [-0.4, -0.2) is 55.8 Å². The van der Waals surface area contributed by atoms with Gasteiger partial charge in [0.1, 0.15) is 5.82 Å². The number of benzene rings is 1. The summed E-state index contributed by atoms with van der Waals surface area (Å²) in [4.78, 5) is 14.6. The number of nitrogens with zero attached hydrogens (tertiary/aromatic N) is 5. The topological polar surface area (TPSA) is 86.7 Å². The number of aromatic amines is 1. The van der Waals surface area contributed by atoms with Gasteiger partial charge in [0.2, 0.25) is 5.95 Å². The van der Waals surface area contributed by atoms with Crippen LogP contribution in [0.1, 0.15) is 24.2 Å². The van der Waals surface area contributed by atoms with Crippen molar-refractivity contribution in [2.45, 2.75) is 19.1 Å². The SMILES string of the molecule is CC(c1ccnc(Nc2nc3ccc(-c4cc(C(F)(F)F)nn4C)cc3[nH]2)c1)N1CCNCC1. The molecule has 1 fully saturated rings. The summed E-state index contributed by atoms with van der Waals surface area (Å²) in [5.41, 5.74) is 2.61. The molecule has 1 saturated heterocycles. The van der Waals surface area contributed by atoms with Gasteiger partial charge in [0.05, 0.1) is 16.7 Å². The molecule has 4 heterocycles. The van der Waals surface area contributed by atoms with Crippen LogP contribution in [0.2, 0.25) is 0 Å². The number of alkyl halides is 3. The highest BCUT2D eigenvalue weighted by molar-refractivity contribution is 5.83. The third-order valence-electron chi connectivity index (χ3n) is 6.16. The summed E-state index contributed by atoms with van der Waals surface area (Å²) in [5.74, 6) is 1.17. The number of aryl methyl sites for hydroxylation is 1. The van der Waals surface area contributed by atoms with Crippen molar-refractivity contribution in [3.8, 4) is 11.3 Å². The molecule has 1 atom stereocenters. The van der Waals surface area contributed by atoms with E-state index in [0.717, 1.165) is 37.8 Å². The number of hydrogen-bond acceptors (Lipinski definition) is 6. The molecule has 5 rings (SSSR count). The van der Waals surface area contributed by atoms with E-state index in [2.05, 4.69) is 42.5 Å². The van der Waals surface area contributed by atoms with Gasteiger partial charge in [-0.05, 0) is 42.8 Å². The number of pyridine rings is 1. The van der Waals surface area contributed by atoms with Crippen molar-refractivity contribution in [3.05, 3.63) is 53.9 Å². The third kappa shape index (κ3) is 4.48. The lowest BCUT2D eigenvalue weighted by Gasteiger charge is -2.33. The molecule has 3 N–H and O–H groups in total. The zero-order chi connectivity index (χ0) is 23.9. The van der Waals surface area contributed by atoms with Crippen LogP contribution >= 0.6 is 0 Å². The molecule has 0 saturated carbocycles. The first-order chi connectivity index (χ1) is 16.3. The number of halogens is 3. The van der Waals surface area contributed by atoms with Crippen molar-refractivity contribution >= 4 is 22.8 Å². The fraction of sp³-hybridized carbons (Fsp3) is 0.348. The Morgan fingerprint density at radius 3 is 2.62 bits per heavy atom. The van der Waals surface area contributed by atoms with Gasteiger partial charge in [0.15, 0.2) is 5.69 Å². The molecule has 1 aliphatic heterocycles. The largest absolute Gasteiger partial charge is 0.435 e. The van der Waals surface area contributed by atoms with E-state index < -0.39 is 11.9 Å². The number of nitrogens with one attached hydrogen (secondary N) is 3. The summed E-state index contributed by atoms with van der Waals surface area (Å²) >= 11 is 0. The molecule has 0 spiro atoms. The van der Waals surface area contributed by atoms with Gasteiger partial charge in [-0.3, -0.25) is 9.58 Å². The predicted molar refractivity (Wildman–Crippen MR) is 124 cm³/mol. The Morgan fingerprint density at radius 2 is 1.88 bits per heavy atom. The lowest BCUT2D eigenvalue weighted by Crippen LogP contribution is -2.44. The maximum atomic E-state index is 13.0. The minimum atomic E-state index is -4.49. The molecule has 0 radical (unpaired) electrons. The number of aromatic nitrogens is 5. The number of hydrogen-bond donors (Lipinski definition) is 3. The molecule has 178 valence electrons. The fourth-order valence-corrected chi connectivity index (χ4v) is 4.28. The van der Waals surface area contributed by atoms with E-state index in [1.807, 2.05) is 12.1 Å². The number of piperazine rings is 1.